The Hall–Kier alpha value is -2.12. The molecule has 0 bridgehead atoms. The van der Waals surface area contributed by atoms with E-state index in [4.69, 9.17) is 23.2 Å². The number of hydrogen-bond donors (Lipinski definition) is 2. The van der Waals surface area contributed by atoms with Gasteiger partial charge in [0.05, 0.1) is 15.0 Å². The maximum atomic E-state index is 10.8. The molecule has 0 saturated heterocycles. The monoisotopic (exact) mass is 327 g/mol. The van der Waals surface area contributed by atoms with Crippen LogP contribution >= 0.6 is 23.2 Å². The van der Waals surface area contributed by atoms with E-state index in [0.717, 1.165) is 0 Å². The average molecular weight is 328 g/mol. The molecule has 0 aliphatic heterocycles. The van der Waals surface area contributed by atoms with Gasteiger partial charge in [0.1, 0.15) is 5.82 Å². The van der Waals surface area contributed by atoms with Gasteiger partial charge in [-0.3, -0.25) is 10.1 Å². The van der Waals surface area contributed by atoms with Crippen LogP contribution in [0.2, 0.25) is 10.0 Å². The molecule has 2 heterocycles. The molecule has 0 atom stereocenters. The van der Waals surface area contributed by atoms with Crippen LogP contribution in [0.1, 0.15) is 0 Å². The highest BCUT2D eigenvalue weighted by atomic mass is 35.5. The van der Waals surface area contributed by atoms with Gasteiger partial charge in [0, 0.05) is 31.5 Å². The van der Waals surface area contributed by atoms with E-state index in [1.165, 1.54) is 24.5 Å². The van der Waals surface area contributed by atoms with Crippen molar-refractivity contribution in [2.75, 3.05) is 23.7 Å². The van der Waals surface area contributed by atoms with Gasteiger partial charge >= 0.3 is 5.69 Å². The third-order valence-corrected chi connectivity index (χ3v) is 3.00. The largest absolute Gasteiger partial charge is 0.367 e. The fourth-order valence-corrected chi connectivity index (χ4v) is 2.03. The first-order valence-electron chi connectivity index (χ1n) is 5.96. The summed E-state index contributed by atoms with van der Waals surface area (Å²) >= 11 is 11.7. The van der Waals surface area contributed by atoms with Gasteiger partial charge in [0.2, 0.25) is 5.82 Å². The van der Waals surface area contributed by atoms with Crippen molar-refractivity contribution >= 4 is 40.5 Å². The van der Waals surface area contributed by atoms with Gasteiger partial charge in [-0.1, -0.05) is 23.2 Å². The van der Waals surface area contributed by atoms with E-state index in [-0.39, 0.29) is 11.5 Å². The van der Waals surface area contributed by atoms with Gasteiger partial charge in [0.15, 0.2) is 0 Å². The first-order chi connectivity index (χ1) is 10.1. The number of aromatic nitrogens is 2. The van der Waals surface area contributed by atoms with Gasteiger partial charge in [0.25, 0.3) is 0 Å². The predicted molar refractivity (Wildman–Crippen MR) is 82.1 cm³/mol. The van der Waals surface area contributed by atoms with E-state index >= 15 is 0 Å². The molecular formula is C12H11Cl2N5O2. The number of anilines is 2. The van der Waals surface area contributed by atoms with Crippen molar-refractivity contribution in [2.24, 2.45) is 0 Å². The lowest BCUT2D eigenvalue weighted by Gasteiger charge is -2.09. The van der Waals surface area contributed by atoms with E-state index in [9.17, 15) is 10.1 Å². The standard InChI is InChI=1S/C12H11Cl2N5O2/c13-8-6-9(14)11(18-7-8)16-4-5-17-12-10(19(20)21)2-1-3-15-12/h1-3,6-7H,4-5H2,(H,15,17)(H,16,18). The molecule has 0 radical (unpaired) electrons. The molecule has 0 spiro atoms. The molecule has 0 saturated carbocycles. The lowest BCUT2D eigenvalue weighted by molar-refractivity contribution is -0.384. The zero-order chi connectivity index (χ0) is 15.2. The number of nitrogens with one attached hydrogen (secondary N) is 2. The summed E-state index contributed by atoms with van der Waals surface area (Å²) in [5.74, 6) is 0.720. The number of rotatable bonds is 6. The second-order valence-corrected chi connectivity index (χ2v) is 4.81. The van der Waals surface area contributed by atoms with Crippen LogP contribution in [0, 0.1) is 10.1 Å². The van der Waals surface area contributed by atoms with Crippen molar-refractivity contribution in [1.29, 1.82) is 0 Å². The van der Waals surface area contributed by atoms with Crippen LogP contribution in [-0.4, -0.2) is 28.0 Å². The molecule has 0 aliphatic carbocycles. The van der Waals surface area contributed by atoms with E-state index < -0.39 is 4.92 Å². The Kier molecular flexibility index (Phi) is 5.13. The molecule has 2 aromatic heterocycles. The minimum Gasteiger partial charge on any atom is -0.367 e. The van der Waals surface area contributed by atoms with Gasteiger partial charge < -0.3 is 10.6 Å². The molecule has 2 rings (SSSR count). The Morgan fingerprint density at radius 2 is 1.90 bits per heavy atom. The van der Waals surface area contributed by atoms with Gasteiger partial charge in [-0.25, -0.2) is 9.97 Å². The van der Waals surface area contributed by atoms with Crippen LogP contribution in [0.25, 0.3) is 0 Å². The lowest BCUT2D eigenvalue weighted by Crippen LogP contribution is -2.15. The van der Waals surface area contributed by atoms with Gasteiger partial charge in [-0.15, -0.1) is 0 Å². The summed E-state index contributed by atoms with van der Waals surface area (Å²) in [7, 11) is 0. The third-order valence-electron chi connectivity index (χ3n) is 2.50. The maximum Gasteiger partial charge on any atom is 0.311 e. The Bertz CT molecular complexity index is 653. The summed E-state index contributed by atoms with van der Waals surface area (Å²) in [5, 5.41) is 17.6. The van der Waals surface area contributed by atoms with Crippen LogP contribution in [-0.2, 0) is 0 Å². The second kappa shape index (κ2) is 7.05. The van der Waals surface area contributed by atoms with E-state index in [2.05, 4.69) is 20.6 Å². The number of nitrogens with zero attached hydrogens (tertiary/aromatic N) is 3. The van der Waals surface area contributed by atoms with Gasteiger partial charge in [-0.2, -0.15) is 0 Å². The number of pyridine rings is 2. The van der Waals surface area contributed by atoms with Crippen molar-refractivity contribution in [3.8, 4) is 0 Å². The van der Waals surface area contributed by atoms with E-state index in [1.807, 2.05) is 0 Å². The zero-order valence-electron chi connectivity index (χ0n) is 10.7. The highest BCUT2D eigenvalue weighted by Gasteiger charge is 2.13. The highest BCUT2D eigenvalue weighted by molar-refractivity contribution is 6.35. The molecule has 110 valence electrons. The Labute approximate surface area is 130 Å². The van der Waals surface area contributed by atoms with Crippen LogP contribution in [0.15, 0.2) is 30.6 Å². The van der Waals surface area contributed by atoms with E-state index in [0.29, 0.717) is 29.0 Å². The zero-order valence-corrected chi connectivity index (χ0v) is 12.2. The summed E-state index contributed by atoms with van der Waals surface area (Å²) < 4.78 is 0. The first kappa shape index (κ1) is 15.3. The molecule has 0 aliphatic rings. The predicted octanol–water partition coefficient (Wildman–Crippen LogP) is 3.22. The topological polar surface area (TPSA) is 93.0 Å². The van der Waals surface area contributed by atoms with Crippen LogP contribution < -0.4 is 10.6 Å². The number of nitro groups is 1. The molecule has 9 heteroatoms. The second-order valence-electron chi connectivity index (χ2n) is 3.97. The lowest BCUT2D eigenvalue weighted by atomic mass is 10.4. The van der Waals surface area contributed by atoms with Gasteiger partial charge in [-0.05, 0) is 12.1 Å². The Morgan fingerprint density at radius 3 is 2.57 bits per heavy atom. The molecule has 2 N–H and O–H groups in total. The quantitative estimate of drug-likeness (QED) is 0.480. The normalized spacial score (nSPS) is 10.2. The SMILES string of the molecule is O=[N+]([O-])c1cccnc1NCCNc1ncc(Cl)cc1Cl. The molecule has 0 amide bonds. The molecular weight excluding hydrogens is 317 g/mol. The van der Waals surface area contributed by atoms with Crippen molar-refractivity contribution in [1.82, 2.24) is 9.97 Å². The molecule has 2 aromatic rings. The minimum absolute atomic E-state index is 0.0693. The number of halogens is 2. The maximum absolute atomic E-state index is 10.8. The molecule has 0 unspecified atom stereocenters. The van der Waals surface area contributed by atoms with Crippen molar-refractivity contribution in [2.45, 2.75) is 0 Å². The van der Waals surface area contributed by atoms with Crippen molar-refractivity contribution in [3.05, 3.63) is 50.8 Å². The fourth-order valence-electron chi connectivity index (χ4n) is 1.59. The van der Waals surface area contributed by atoms with Crippen molar-refractivity contribution in [3.63, 3.8) is 0 Å². The van der Waals surface area contributed by atoms with Crippen LogP contribution in [0.5, 0.6) is 0 Å². The summed E-state index contributed by atoms with van der Waals surface area (Å²) in [4.78, 5) is 18.3. The van der Waals surface area contributed by atoms with Crippen LogP contribution in [0.3, 0.4) is 0 Å². The summed E-state index contributed by atoms with van der Waals surface area (Å²) in [6, 6.07) is 4.48. The van der Waals surface area contributed by atoms with E-state index in [1.54, 1.807) is 6.07 Å². The first-order valence-corrected chi connectivity index (χ1v) is 6.71. The number of hydrogen-bond acceptors (Lipinski definition) is 6. The smallest absolute Gasteiger partial charge is 0.311 e. The molecule has 7 nitrogen and oxygen atoms in total. The summed E-state index contributed by atoms with van der Waals surface area (Å²) in [5.41, 5.74) is -0.0693. The highest BCUT2D eigenvalue weighted by Crippen LogP contribution is 2.22. The summed E-state index contributed by atoms with van der Waals surface area (Å²) in [6.45, 7) is 0.876. The summed E-state index contributed by atoms with van der Waals surface area (Å²) in [6.07, 6.45) is 2.97. The fraction of sp³-hybridized carbons (Fsp3) is 0.167. The third kappa shape index (κ3) is 4.17. The average Bonchev–Trinajstić information content (AvgIpc) is 2.45. The molecule has 21 heavy (non-hydrogen) atoms. The molecule has 0 aromatic carbocycles. The Balaban J connectivity index is 1.89. The Morgan fingerprint density at radius 1 is 1.19 bits per heavy atom. The minimum atomic E-state index is -0.486. The van der Waals surface area contributed by atoms with Crippen molar-refractivity contribution < 1.29 is 4.92 Å². The van der Waals surface area contributed by atoms with Crippen LogP contribution in [0.4, 0.5) is 17.3 Å². The molecule has 0 fully saturated rings.